The number of hydrogen-bond acceptors (Lipinski definition) is 6. The van der Waals surface area contributed by atoms with Gasteiger partial charge in [0.1, 0.15) is 10.8 Å². The quantitative estimate of drug-likeness (QED) is 0.486. The Balaban J connectivity index is 1.52. The van der Waals surface area contributed by atoms with E-state index in [1.54, 1.807) is 4.52 Å². The van der Waals surface area contributed by atoms with Crippen LogP contribution < -0.4 is 10.6 Å². The van der Waals surface area contributed by atoms with Crippen LogP contribution >= 0.6 is 23.6 Å². The summed E-state index contributed by atoms with van der Waals surface area (Å²) in [4.78, 5) is 13.0. The molecule has 2 aromatic heterocycles. The number of anilines is 1. The number of aromatic nitrogens is 4. The Morgan fingerprint density at radius 1 is 1.14 bits per heavy atom. The van der Waals surface area contributed by atoms with Crippen molar-refractivity contribution >= 4 is 45.2 Å². The SMILES string of the molecule is Cc1ccc(-c2nn3c(C)nnc3s2)cc1NC(=S)NC(=O)c1ccc(F)cc1. The molecule has 0 fully saturated rings. The minimum absolute atomic E-state index is 0.147. The third kappa shape index (κ3) is 3.98. The molecule has 2 heterocycles. The van der Waals surface area contributed by atoms with E-state index in [1.807, 2.05) is 32.0 Å². The van der Waals surface area contributed by atoms with Crippen molar-refractivity contribution in [2.75, 3.05) is 5.32 Å². The van der Waals surface area contributed by atoms with Crippen molar-refractivity contribution in [2.24, 2.45) is 0 Å². The summed E-state index contributed by atoms with van der Waals surface area (Å²) in [5, 5.41) is 19.2. The number of rotatable bonds is 3. The molecule has 0 radical (unpaired) electrons. The molecule has 4 aromatic rings. The van der Waals surface area contributed by atoms with E-state index in [4.69, 9.17) is 12.2 Å². The standard InChI is InChI=1S/C19H15FN6OS2/c1-10-3-4-13(17-25-26-11(2)23-24-19(26)29-17)9-15(10)21-18(28)22-16(27)12-5-7-14(20)8-6-12/h3-9H,1-2H3,(H2,21,22,27,28). The second kappa shape index (κ2) is 7.64. The molecule has 4 rings (SSSR count). The summed E-state index contributed by atoms with van der Waals surface area (Å²) in [5.74, 6) is -0.103. The van der Waals surface area contributed by atoms with Crippen LogP contribution in [0, 0.1) is 19.7 Å². The molecule has 0 bridgehead atoms. The molecule has 7 nitrogen and oxygen atoms in total. The number of halogens is 1. The van der Waals surface area contributed by atoms with Crippen LogP contribution in [0.25, 0.3) is 15.5 Å². The number of amides is 1. The Morgan fingerprint density at radius 2 is 1.90 bits per heavy atom. The van der Waals surface area contributed by atoms with Gasteiger partial charge in [0.05, 0.1) is 0 Å². The lowest BCUT2D eigenvalue weighted by molar-refractivity contribution is 0.0977. The molecule has 0 unspecified atom stereocenters. The van der Waals surface area contributed by atoms with Gasteiger partial charge >= 0.3 is 0 Å². The van der Waals surface area contributed by atoms with Crippen LogP contribution in [0.5, 0.6) is 0 Å². The van der Waals surface area contributed by atoms with Crippen molar-refractivity contribution in [1.29, 1.82) is 0 Å². The van der Waals surface area contributed by atoms with Crippen molar-refractivity contribution in [3.63, 3.8) is 0 Å². The van der Waals surface area contributed by atoms with Gasteiger partial charge in [0.15, 0.2) is 10.9 Å². The maximum absolute atomic E-state index is 13.0. The zero-order valence-electron chi connectivity index (χ0n) is 15.4. The second-order valence-electron chi connectivity index (χ2n) is 6.29. The van der Waals surface area contributed by atoms with Crippen LogP contribution in [0.3, 0.4) is 0 Å². The summed E-state index contributed by atoms with van der Waals surface area (Å²) >= 11 is 6.69. The molecule has 0 saturated carbocycles. The Bertz CT molecular complexity index is 1230. The molecule has 0 aliphatic carbocycles. The average molecular weight is 427 g/mol. The number of carbonyl (C=O) groups excluding carboxylic acids is 1. The molecule has 1 amide bonds. The largest absolute Gasteiger partial charge is 0.332 e. The van der Waals surface area contributed by atoms with Gasteiger partial charge in [-0.2, -0.15) is 9.61 Å². The van der Waals surface area contributed by atoms with E-state index in [9.17, 15) is 9.18 Å². The van der Waals surface area contributed by atoms with Crippen molar-refractivity contribution < 1.29 is 9.18 Å². The maximum Gasteiger partial charge on any atom is 0.257 e. The summed E-state index contributed by atoms with van der Waals surface area (Å²) in [6.45, 7) is 3.77. The first-order chi connectivity index (χ1) is 13.9. The van der Waals surface area contributed by atoms with Crippen LogP contribution in [-0.2, 0) is 0 Å². The minimum atomic E-state index is -0.416. The maximum atomic E-state index is 13.0. The number of aryl methyl sites for hydroxylation is 2. The Morgan fingerprint density at radius 3 is 2.62 bits per heavy atom. The highest BCUT2D eigenvalue weighted by atomic mass is 32.1. The van der Waals surface area contributed by atoms with Crippen molar-refractivity contribution in [3.8, 4) is 10.6 Å². The number of carbonyl (C=O) groups is 1. The fourth-order valence-electron chi connectivity index (χ4n) is 2.65. The lowest BCUT2D eigenvalue weighted by atomic mass is 10.1. The predicted molar refractivity (Wildman–Crippen MR) is 114 cm³/mol. The first-order valence-electron chi connectivity index (χ1n) is 8.58. The Hall–Kier alpha value is -3.24. The number of fused-ring (bicyclic) bond motifs is 1. The summed E-state index contributed by atoms with van der Waals surface area (Å²) in [6, 6.07) is 11.1. The Kier molecular flexibility index (Phi) is 5.03. The van der Waals surface area contributed by atoms with E-state index in [2.05, 4.69) is 25.9 Å². The van der Waals surface area contributed by atoms with Gasteiger partial charge in [0, 0.05) is 16.8 Å². The highest BCUT2D eigenvalue weighted by Gasteiger charge is 2.13. The van der Waals surface area contributed by atoms with E-state index in [0.29, 0.717) is 5.56 Å². The molecule has 0 aliphatic heterocycles. The monoisotopic (exact) mass is 426 g/mol. The molecule has 0 atom stereocenters. The highest BCUT2D eigenvalue weighted by molar-refractivity contribution is 7.80. The summed E-state index contributed by atoms with van der Waals surface area (Å²) in [7, 11) is 0. The first-order valence-corrected chi connectivity index (χ1v) is 9.81. The average Bonchev–Trinajstić information content (AvgIpc) is 3.26. The number of thiocarbonyl (C=S) groups is 1. The van der Waals surface area contributed by atoms with Crippen LogP contribution in [0.15, 0.2) is 42.5 Å². The zero-order chi connectivity index (χ0) is 20.5. The lowest BCUT2D eigenvalue weighted by Gasteiger charge is -2.12. The van der Waals surface area contributed by atoms with E-state index < -0.39 is 11.7 Å². The van der Waals surface area contributed by atoms with E-state index in [-0.39, 0.29) is 5.11 Å². The van der Waals surface area contributed by atoms with Crippen molar-refractivity contribution in [1.82, 2.24) is 25.1 Å². The molecular weight excluding hydrogens is 411 g/mol. The number of hydrogen-bond donors (Lipinski definition) is 2. The van der Waals surface area contributed by atoms with E-state index in [1.165, 1.54) is 35.6 Å². The number of benzene rings is 2. The highest BCUT2D eigenvalue weighted by Crippen LogP contribution is 2.29. The summed E-state index contributed by atoms with van der Waals surface area (Å²) in [6.07, 6.45) is 0. The van der Waals surface area contributed by atoms with Gasteiger partial charge < -0.3 is 5.32 Å². The summed E-state index contributed by atoms with van der Waals surface area (Å²) < 4.78 is 14.7. The Labute approximate surface area is 174 Å². The molecule has 10 heteroatoms. The van der Waals surface area contributed by atoms with Gasteiger partial charge in [-0.3, -0.25) is 10.1 Å². The second-order valence-corrected chi connectivity index (χ2v) is 7.66. The van der Waals surface area contributed by atoms with Gasteiger partial charge in [-0.05, 0) is 62.0 Å². The van der Waals surface area contributed by atoms with Crippen LogP contribution in [0.1, 0.15) is 21.7 Å². The van der Waals surface area contributed by atoms with Crippen LogP contribution in [0.2, 0.25) is 0 Å². The van der Waals surface area contributed by atoms with Gasteiger partial charge in [0.25, 0.3) is 5.91 Å². The minimum Gasteiger partial charge on any atom is -0.332 e. The molecule has 146 valence electrons. The van der Waals surface area contributed by atoms with Gasteiger partial charge in [-0.15, -0.1) is 10.2 Å². The molecule has 2 aromatic carbocycles. The molecule has 0 saturated heterocycles. The molecule has 2 N–H and O–H groups in total. The van der Waals surface area contributed by atoms with Gasteiger partial charge in [-0.1, -0.05) is 23.5 Å². The summed E-state index contributed by atoms with van der Waals surface area (Å²) in [5.41, 5.74) is 2.90. The van der Waals surface area contributed by atoms with Crippen molar-refractivity contribution in [3.05, 3.63) is 65.2 Å². The van der Waals surface area contributed by atoms with Gasteiger partial charge in [-0.25, -0.2) is 4.39 Å². The predicted octanol–water partition coefficient (Wildman–Crippen LogP) is 3.74. The number of nitrogens with one attached hydrogen (secondary N) is 2. The molecular formula is C19H15FN6OS2. The lowest BCUT2D eigenvalue weighted by Crippen LogP contribution is -2.34. The van der Waals surface area contributed by atoms with Gasteiger partial charge in [0.2, 0.25) is 4.96 Å². The smallest absolute Gasteiger partial charge is 0.257 e. The molecule has 29 heavy (non-hydrogen) atoms. The normalized spacial score (nSPS) is 10.9. The van der Waals surface area contributed by atoms with Crippen LogP contribution in [-0.4, -0.2) is 30.8 Å². The first kappa shape index (κ1) is 19.1. The molecule has 0 spiro atoms. The zero-order valence-corrected chi connectivity index (χ0v) is 17.1. The van der Waals surface area contributed by atoms with E-state index in [0.717, 1.165) is 32.6 Å². The fraction of sp³-hybridized carbons (Fsp3) is 0.105. The number of nitrogens with zero attached hydrogens (tertiary/aromatic N) is 4. The van der Waals surface area contributed by atoms with E-state index >= 15 is 0 Å². The third-order valence-corrected chi connectivity index (χ3v) is 5.36. The third-order valence-electron chi connectivity index (χ3n) is 4.21. The topological polar surface area (TPSA) is 84.2 Å². The molecule has 0 aliphatic rings. The van der Waals surface area contributed by atoms with Crippen LogP contribution in [0.4, 0.5) is 10.1 Å². The van der Waals surface area contributed by atoms with Crippen molar-refractivity contribution in [2.45, 2.75) is 13.8 Å². The fourth-order valence-corrected chi connectivity index (χ4v) is 3.74.